The smallest absolute Gasteiger partial charge is 0.303 e. The number of nitrogens with two attached hydrogens (primary N) is 1. The predicted octanol–water partition coefficient (Wildman–Crippen LogP) is 0.0366. The minimum atomic E-state index is -2.95. The average Bonchev–Trinajstić information content (AvgIpc) is 2.09. The molecule has 1 heterocycles. The molecule has 0 atom stereocenters. The van der Waals surface area contributed by atoms with Crippen LogP contribution in [0.5, 0.6) is 0 Å². The molecule has 1 aliphatic heterocycles. The van der Waals surface area contributed by atoms with Gasteiger partial charge in [0.1, 0.15) is 9.84 Å². The molecule has 5 nitrogen and oxygen atoms in total. The highest BCUT2D eigenvalue weighted by atomic mass is 35.5. The zero-order chi connectivity index (χ0) is 10.8. The first kappa shape index (κ1) is 14.7. The maximum Gasteiger partial charge on any atom is 0.303 e. The van der Waals surface area contributed by atoms with Gasteiger partial charge in [0.25, 0.3) is 0 Å². The highest BCUT2D eigenvalue weighted by Crippen LogP contribution is 2.34. The Morgan fingerprint density at radius 3 is 2.13 bits per heavy atom. The molecule has 3 N–H and O–H groups in total. The Bertz CT molecular complexity index is 314. The number of carbonyl (C=O) groups is 1. The van der Waals surface area contributed by atoms with E-state index >= 15 is 0 Å². The maximum absolute atomic E-state index is 11.2. The summed E-state index contributed by atoms with van der Waals surface area (Å²) in [5.41, 5.74) is 5.01. The van der Waals surface area contributed by atoms with Gasteiger partial charge in [-0.05, 0) is 24.8 Å². The van der Waals surface area contributed by atoms with Gasteiger partial charge in [0, 0.05) is 0 Å². The lowest BCUT2D eigenvalue weighted by molar-refractivity contribution is -0.139. The van der Waals surface area contributed by atoms with E-state index in [9.17, 15) is 13.2 Å². The molecule has 0 aromatic carbocycles. The Kier molecular flexibility index (Phi) is 5.02. The van der Waals surface area contributed by atoms with Crippen molar-refractivity contribution in [2.75, 3.05) is 18.1 Å². The summed E-state index contributed by atoms with van der Waals surface area (Å²) in [4.78, 5) is 10.6. The van der Waals surface area contributed by atoms with Crippen LogP contribution in [0, 0.1) is 5.41 Å². The number of aliphatic carboxylic acids is 1. The van der Waals surface area contributed by atoms with Crippen molar-refractivity contribution in [3.63, 3.8) is 0 Å². The second-order valence-corrected chi connectivity index (χ2v) is 6.23. The third kappa shape index (κ3) is 3.96. The average molecular weight is 258 g/mol. The molecule has 1 aliphatic rings. The molecule has 0 bridgehead atoms. The molecule has 0 radical (unpaired) electrons. The van der Waals surface area contributed by atoms with E-state index in [1.807, 2.05) is 0 Å². The summed E-state index contributed by atoms with van der Waals surface area (Å²) in [6, 6.07) is 0. The fourth-order valence-electron chi connectivity index (χ4n) is 1.74. The molecule has 0 spiro atoms. The highest BCUT2D eigenvalue weighted by molar-refractivity contribution is 7.91. The van der Waals surface area contributed by atoms with Crippen molar-refractivity contribution in [1.82, 2.24) is 0 Å². The summed E-state index contributed by atoms with van der Waals surface area (Å²) >= 11 is 0. The van der Waals surface area contributed by atoms with Gasteiger partial charge in [-0.2, -0.15) is 0 Å². The van der Waals surface area contributed by atoms with Crippen molar-refractivity contribution in [1.29, 1.82) is 0 Å². The Labute approximate surface area is 95.4 Å². The number of halogens is 1. The lowest BCUT2D eigenvalue weighted by Gasteiger charge is -2.34. The number of carboxylic acid groups (broad SMARTS) is 1. The molecule has 1 saturated heterocycles. The summed E-state index contributed by atoms with van der Waals surface area (Å²) in [5.74, 6) is -0.774. The fourth-order valence-corrected chi connectivity index (χ4v) is 3.44. The molecule has 0 unspecified atom stereocenters. The molecule has 0 aromatic rings. The number of rotatable bonds is 3. The molecule has 1 fully saturated rings. The van der Waals surface area contributed by atoms with Crippen molar-refractivity contribution < 1.29 is 18.3 Å². The summed E-state index contributed by atoms with van der Waals surface area (Å²) in [6.07, 6.45) is 0.718. The van der Waals surface area contributed by atoms with E-state index in [0.29, 0.717) is 12.8 Å². The van der Waals surface area contributed by atoms with Gasteiger partial charge >= 0.3 is 5.97 Å². The van der Waals surface area contributed by atoms with E-state index in [1.165, 1.54) is 0 Å². The first-order chi connectivity index (χ1) is 6.39. The second kappa shape index (κ2) is 5.14. The zero-order valence-electron chi connectivity index (χ0n) is 8.31. The number of carboxylic acids is 1. The lowest BCUT2D eigenvalue weighted by Crippen LogP contribution is -2.40. The molecule has 0 amide bonds. The van der Waals surface area contributed by atoms with Gasteiger partial charge in [0.2, 0.25) is 0 Å². The monoisotopic (exact) mass is 257 g/mol. The lowest BCUT2D eigenvalue weighted by atomic mass is 9.79. The third-order valence-corrected chi connectivity index (χ3v) is 4.50. The van der Waals surface area contributed by atoms with Crippen LogP contribution in [0.15, 0.2) is 0 Å². The van der Waals surface area contributed by atoms with Gasteiger partial charge < -0.3 is 10.8 Å². The molecule has 0 aromatic heterocycles. The number of sulfone groups is 1. The topological polar surface area (TPSA) is 97.5 Å². The van der Waals surface area contributed by atoms with Crippen molar-refractivity contribution in [3.8, 4) is 0 Å². The quantitative estimate of drug-likeness (QED) is 0.744. The van der Waals surface area contributed by atoms with Crippen LogP contribution >= 0.6 is 12.4 Å². The SMILES string of the molecule is Cl.NCC1(CC(=O)O)CCS(=O)(=O)CC1. The Hall–Kier alpha value is -0.330. The molecular formula is C8H16ClNO4S. The molecule has 0 saturated carbocycles. The number of hydrogen-bond acceptors (Lipinski definition) is 4. The van der Waals surface area contributed by atoms with Gasteiger partial charge in [-0.25, -0.2) is 8.42 Å². The van der Waals surface area contributed by atoms with Gasteiger partial charge in [-0.3, -0.25) is 4.79 Å². The van der Waals surface area contributed by atoms with Crippen molar-refractivity contribution >= 4 is 28.2 Å². The highest BCUT2D eigenvalue weighted by Gasteiger charge is 2.37. The van der Waals surface area contributed by atoms with E-state index in [0.717, 1.165) is 0 Å². The van der Waals surface area contributed by atoms with Crippen LogP contribution in [-0.2, 0) is 14.6 Å². The van der Waals surface area contributed by atoms with Crippen molar-refractivity contribution in [3.05, 3.63) is 0 Å². The van der Waals surface area contributed by atoms with Crippen LogP contribution in [0.25, 0.3) is 0 Å². The van der Waals surface area contributed by atoms with E-state index < -0.39 is 21.2 Å². The summed E-state index contributed by atoms with van der Waals surface area (Å²) in [5, 5.41) is 8.69. The largest absolute Gasteiger partial charge is 0.481 e. The molecule has 15 heavy (non-hydrogen) atoms. The van der Waals surface area contributed by atoms with Crippen LogP contribution in [0.1, 0.15) is 19.3 Å². The van der Waals surface area contributed by atoms with Crippen LogP contribution in [0.2, 0.25) is 0 Å². The van der Waals surface area contributed by atoms with Crippen LogP contribution in [0.3, 0.4) is 0 Å². The van der Waals surface area contributed by atoms with Gasteiger partial charge in [-0.15, -0.1) is 12.4 Å². The summed E-state index contributed by atoms with van der Waals surface area (Å²) in [7, 11) is -2.95. The first-order valence-electron chi connectivity index (χ1n) is 4.51. The van der Waals surface area contributed by atoms with Crippen molar-refractivity contribution in [2.24, 2.45) is 11.1 Å². The zero-order valence-corrected chi connectivity index (χ0v) is 9.94. The molecule has 7 heteroatoms. The summed E-state index contributed by atoms with van der Waals surface area (Å²) in [6.45, 7) is 0.245. The second-order valence-electron chi connectivity index (χ2n) is 3.93. The normalized spacial score (nSPS) is 22.7. The molecule has 1 rings (SSSR count). The Morgan fingerprint density at radius 2 is 1.80 bits per heavy atom. The third-order valence-electron chi connectivity index (χ3n) is 2.85. The molecule has 90 valence electrons. The minimum Gasteiger partial charge on any atom is -0.481 e. The molecule has 0 aliphatic carbocycles. The van der Waals surface area contributed by atoms with Crippen LogP contribution in [0.4, 0.5) is 0 Å². The van der Waals surface area contributed by atoms with Gasteiger partial charge in [0.05, 0.1) is 17.9 Å². The van der Waals surface area contributed by atoms with E-state index in [1.54, 1.807) is 0 Å². The Morgan fingerprint density at radius 1 is 1.33 bits per heavy atom. The molecular weight excluding hydrogens is 242 g/mol. The van der Waals surface area contributed by atoms with Gasteiger partial charge in [0.15, 0.2) is 0 Å². The predicted molar refractivity (Wildman–Crippen MR) is 58.9 cm³/mol. The Balaban J connectivity index is 0.00000196. The fraction of sp³-hybridized carbons (Fsp3) is 0.875. The number of hydrogen-bond donors (Lipinski definition) is 2. The maximum atomic E-state index is 11.2. The van der Waals surface area contributed by atoms with E-state index in [4.69, 9.17) is 10.8 Å². The minimum absolute atomic E-state index is 0. The first-order valence-corrected chi connectivity index (χ1v) is 6.34. The summed E-state index contributed by atoms with van der Waals surface area (Å²) < 4.78 is 22.3. The van der Waals surface area contributed by atoms with E-state index in [-0.39, 0.29) is 36.9 Å². The van der Waals surface area contributed by atoms with E-state index in [2.05, 4.69) is 0 Å². The van der Waals surface area contributed by atoms with Crippen LogP contribution in [-0.4, -0.2) is 37.5 Å². The van der Waals surface area contributed by atoms with Crippen LogP contribution < -0.4 is 5.73 Å². The standard InChI is InChI=1S/C8H15NO4S.ClH/c9-6-8(5-7(10)11)1-3-14(12,13)4-2-8;/h1-6,9H2,(H,10,11);1H. The van der Waals surface area contributed by atoms with Gasteiger partial charge in [-0.1, -0.05) is 0 Å². The van der Waals surface area contributed by atoms with Crippen molar-refractivity contribution in [2.45, 2.75) is 19.3 Å².